The average Bonchev–Trinajstić information content (AvgIpc) is 2.50. The van der Waals surface area contributed by atoms with E-state index in [-0.39, 0.29) is 0 Å². The Hall–Kier alpha value is -2.08. The molecule has 0 unspecified atom stereocenters. The van der Waals surface area contributed by atoms with Crippen molar-refractivity contribution < 1.29 is 0 Å². The molecule has 0 saturated carbocycles. The molecule has 0 fully saturated rings. The Morgan fingerprint density at radius 2 is 1.20 bits per heavy atom. The number of allylic oxidation sites excluding steroid dienone is 1. The second-order valence-corrected chi connectivity index (χ2v) is 4.56. The molecule has 104 valence electrons. The van der Waals surface area contributed by atoms with E-state index in [1.807, 2.05) is 6.92 Å². The third-order valence-electron chi connectivity index (χ3n) is 3.15. The molecule has 0 nitrogen and oxygen atoms in total. The number of aryl methyl sites for hydroxylation is 1. The van der Waals surface area contributed by atoms with Gasteiger partial charge in [-0.3, -0.25) is 0 Å². The Morgan fingerprint density at radius 3 is 1.65 bits per heavy atom. The topological polar surface area (TPSA) is 0 Å². The quantitative estimate of drug-likeness (QED) is 0.720. The molecular weight excluding hydrogens is 240 g/mol. The minimum absolute atomic E-state index is 1.31. The molecule has 0 atom stereocenters. The lowest BCUT2D eigenvalue weighted by atomic mass is 10.1. The van der Waals surface area contributed by atoms with Crippen LogP contribution in [0.4, 0.5) is 0 Å². The molecule has 0 heteroatoms. The average molecular weight is 264 g/mol. The van der Waals surface area contributed by atoms with Crippen molar-refractivity contribution in [2.24, 2.45) is 0 Å². The van der Waals surface area contributed by atoms with Crippen molar-refractivity contribution in [1.82, 2.24) is 0 Å². The maximum atomic E-state index is 2.12. The fraction of sp³-hybridized carbons (Fsp3) is 0.200. The van der Waals surface area contributed by atoms with Crippen LogP contribution in [0.3, 0.4) is 0 Å². The van der Waals surface area contributed by atoms with E-state index in [0.717, 1.165) is 0 Å². The second kappa shape index (κ2) is 8.92. The first kappa shape index (κ1) is 16.0. The van der Waals surface area contributed by atoms with Crippen molar-refractivity contribution in [2.75, 3.05) is 0 Å². The highest BCUT2D eigenvalue weighted by molar-refractivity contribution is 5.52. The highest BCUT2D eigenvalue weighted by atomic mass is 13.9. The molecule has 0 saturated heterocycles. The summed E-state index contributed by atoms with van der Waals surface area (Å²) >= 11 is 0. The fourth-order valence-electron chi connectivity index (χ4n) is 1.99. The van der Waals surface area contributed by atoms with Crippen LogP contribution in [0.2, 0.25) is 0 Å². The first-order valence-corrected chi connectivity index (χ1v) is 7.09. The summed E-state index contributed by atoms with van der Waals surface area (Å²) in [6, 6.07) is 16.7. The molecular formula is C20H24. The molecule has 0 heterocycles. The molecule has 0 spiro atoms. The molecule has 2 rings (SSSR count). The van der Waals surface area contributed by atoms with Crippen LogP contribution in [0.15, 0.2) is 54.6 Å². The van der Waals surface area contributed by atoms with Gasteiger partial charge >= 0.3 is 0 Å². The van der Waals surface area contributed by atoms with Crippen molar-refractivity contribution in [3.05, 3.63) is 76.2 Å². The van der Waals surface area contributed by atoms with Gasteiger partial charge < -0.3 is 0 Å². The minimum Gasteiger partial charge on any atom is -0.0871 e. The van der Waals surface area contributed by atoms with Gasteiger partial charge in [-0.25, -0.2) is 0 Å². The van der Waals surface area contributed by atoms with E-state index in [0.29, 0.717) is 0 Å². The van der Waals surface area contributed by atoms with Crippen LogP contribution in [0.5, 0.6) is 0 Å². The van der Waals surface area contributed by atoms with Crippen molar-refractivity contribution in [2.45, 2.75) is 27.7 Å². The van der Waals surface area contributed by atoms with Gasteiger partial charge in [0.2, 0.25) is 0 Å². The number of benzene rings is 2. The molecule has 0 amide bonds. The van der Waals surface area contributed by atoms with Gasteiger partial charge in [0.15, 0.2) is 0 Å². The smallest absolute Gasteiger partial charge is 0.0230 e. The lowest BCUT2D eigenvalue weighted by Crippen LogP contribution is -2.22. The third-order valence-corrected chi connectivity index (χ3v) is 3.15. The van der Waals surface area contributed by atoms with Crippen LogP contribution in [0.25, 0.3) is 18.2 Å². The zero-order valence-electron chi connectivity index (χ0n) is 12.9. The van der Waals surface area contributed by atoms with Gasteiger partial charge in [-0.1, -0.05) is 72.8 Å². The standard InChI is InChI=1S/2C10H12/c1-3-6-10-8-5-4-7-9(10)2;1-3-9-7-5-6-8-10(9)4-2/h2*3-8H,1-2H3/b6-3-;9-3-,10-4-. The largest absolute Gasteiger partial charge is 0.0871 e. The van der Waals surface area contributed by atoms with E-state index in [1.165, 1.54) is 21.6 Å². The van der Waals surface area contributed by atoms with E-state index in [4.69, 9.17) is 0 Å². The summed E-state index contributed by atoms with van der Waals surface area (Å²) in [6.45, 7) is 8.27. The van der Waals surface area contributed by atoms with Crippen LogP contribution in [-0.2, 0) is 0 Å². The van der Waals surface area contributed by atoms with Crippen LogP contribution < -0.4 is 10.4 Å². The van der Waals surface area contributed by atoms with Crippen molar-refractivity contribution >= 4 is 18.2 Å². The zero-order valence-corrected chi connectivity index (χ0v) is 12.9. The molecule has 0 radical (unpaired) electrons. The predicted octanol–water partition coefficient (Wildman–Crippen LogP) is 4.32. The second-order valence-electron chi connectivity index (χ2n) is 4.56. The van der Waals surface area contributed by atoms with E-state index < -0.39 is 0 Å². The maximum absolute atomic E-state index is 2.12. The van der Waals surface area contributed by atoms with Gasteiger partial charge in [0.1, 0.15) is 0 Å². The fourth-order valence-corrected chi connectivity index (χ4v) is 1.99. The molecule has 2 aromatic rings. The van der Waals surface area contributed by atoms with E-state index in [9.17, 15) is 0 Å². The summed E-state index contributed by atoms with van der Waals surface area (Å²) in [5, 5.41) is 2.62. The molecule has 2 aromatic carbocycles. The van der Waals surface area contributed by atoms with Crippen molar-refractivity contribution in [3.63, 3.8) is 0 Å². The highest BCUT2D eigenvalue weighted by Gasteiger charge is 1.87. The summed E-state index contributed by atoms with van der Waals surface area (Å²) in [4.78, 5) is 0. The molecule has 0 bridgehead atoms. The van der Waals surface area contributed by atoms with Crippen LogP contribution >= 0.6 is 0 Å². The van der Waals surface area contributed by atoms with Crippen LogP contribution in [-0.4, -0.2) is 0 Å². The van der Waals surface area contributed by atoms with Gasteiger partial charge in [0.25, 0.3) is 0 Å². The molecule has 20 heavy (non-hydrogen) atoms. The molecule has 0 N–H and O–H groups in total. The van der Waals surface area contributed by atoms with Crippen molar-refractivity contribution in [1.29, 1.82) is 0 Å². The first-order chi connectivity index (χ1) is 9.72. The Labute approximate surface area is 122 Å². The predicted molar refractivity (Wildman–Crippen MR) is 91.9 cm³/mol. The van der Waals surface area contributed by atoms with Gasteiger partial charge in [-0.2, -0.15) is 0 Å². The summed E-state index contributed by atoms with van der Waals surface area (Å²) in [6.07, 6.45) is 8.42. The molecule has 0 aliphatic heterocycles. The Kier molecular flexibility index (Phi) is 7.13. The first-order valence-electron chi connectivity index (χ1n) is 7.09. The van der Waals surface area contributed by atoms with Crippen LogP contribution in [0.1, 0.15) is 31.9 Å². The normalized spacial score (nSPS) is 12.4. The lowest BCUT2D eigenvalue weighted by molar-refractivity contribution is 1.44. The summed E-state index contributed by atoms with van der Waals surface area (Å²) in [7, 11) is 0. The van der Waals surface area contributed by atoms with Gasteiger partial charge in [0, 0.05) is 0 Å². The number of hydrogen-bond acceptors (Lipinski definition) is 0. The zero-order chi connectivity index (χ0) is 14.8. The maximum Gasteiger partial charge on any atom is -0.0230 e. The van der Waals surface area contributed by atoms with Crippen LogP contribution in [0, 0.1) is 6.92 Å². The monoisotopic (exact) mass is 264 g/mol. The van der Waals surface area contributed by atoms with E-state index in [2.05, 4.69) is 93.6 Å². The number of rotatable bonds is 1. The van der Waals surface area contributed by atoms with Crippen molar-refractivity contribution in [3.8, 4) is 0 Å². The highest BCUT2D eigenvalue weighted by Crippen LogP contribution is 2.07. The summed E-state index contributed by atoms with van der Waals surface area (Å²) < 4.78 is 0. The van der Waals surface area contributed by atoms with Gasteiger partial charge in [0.05, 0.1) is 0 Å². The minimum atomic E-state index is 1.31. The Morgan fingerprint density at radius 1 is 0.700 bits per heavy atom. The van der Waals surface area contributed by atoms with Gasteiger partial charge in [-0.15, -0.1) is 0 Å². The SMILES string of the molecule is C/C=C\c1ccccc1C.C/C=c1/cccc/c1=C/C. The summed E-state index contributed by atoms with van der Waals surface area (Å²) in [5.41, 5.74) is 2.64. The molecule has 0 aliphatic rings. The third kappa shape index (κ3) is 4.89. The van der Waals surface area contributed by atoms with E-state index in [1.54, 1.807) is 0 Å². The lowest BCUT2D eigenvalue weighted by Gasteiger charge is -1.96. The number of hydrogen-bond donors (Lipinski definition) is 0. The molecule has 0 aromatic heterocycles. The Balaban J connectivity index is 0.000000200. The molecule has 0 aliphatic carbocycles. The van der Waals surface area contributed by atoms with Gasteiger partial charge in [-0.05, 0) is 49.3 Å². The summed E-state index contributed by atoms with van der Waals surface area (Å²) in [5.74, 6) is 0. The Bertz CT molecular complexity index is 627. The van der Waals surface area contributed by atoms with E-state index >= 15 is 0 Å².